The smallest absolute Gasteiger partial charge is 0.306 e. The highest BCUT2D eigenvalue weighted by atomic mass is 19.1. The Labute approximate surface area is 217 Å². The van der Waals surface area contributed by atoms with E-state index in [1.165, 1.54) is 0 Å². The van der Waals surface area contributed by atoms with Crippen LogP contribution < -0.4 is 0 Å². The number of likely N-dealkylation sites (tertiary alicyclic amines) is 1. The van der Waals surface area contributed by atoms with E-state index in [1.807, 2.05) is 44.2 Å². The average Bonchev–Trinajstić information content (AvgIpc) is 3.30. The van der Waals surface area contributed by atoms with E-state index in [4.69, 9.17) is 14.3 Å². The lowest BCUT2D eigenvalue weighted by Gasteiger charge is -2.47. The second kappa shape index (κ2) is 10.5. The van der Waals surface area contributed by atoms with Crippen molar-refractivity contribution >= 4 is 11.7 Å². The molecule has 0 amide bonds. The predicted octanol–water partition coefficient (Wildman–Crippen LogP) is 5.05. The number of hydrogen-bond acceptors (Lipinski definition) is 6. The number of carboxylic acid groups (broad SMARTS) is 1. The third-order valence-corrected chi connectivity index (χ3v) is 7.99. The Hall–Kier alpha value is -2.87. The maximum absolute atomic E-state index is 16.4. The van der Waals surface area contributed by atoms with Gasteiger partial charge in [0.15, 0.2) is 11.3 Å². The van der Waals surface area contributed by atoms with Crippen molar-refractivity contribution in [2.24, 2.45) is 17.0 Å². The van der Waals surface area contributed by atoms with Crippen LogP contribution >= 0.6 is 0 Å². The van der Waals surface area contributed by atoms with Crippen LogP contribution in [0.3, 0.4) is 0 Å². The molecule has 0 atom stereocenters. The summed E-state index contributed by atoms with van der Waals surface area (Å²) in [6.45, 7) is 6.10. The number of nitrogens with zero attached hydrogens (tertiary/aromatic N) is 2. The summed E-state index contributed by atoms with van der Waals surface area (Å²) in [6.07, 6.45) is 7.02. The molecular weight excluding hydrogens is 475 g/mol. The number of carboxylic acids is 1. The van der Waals surface area contributed by atoms with E-state index in [-0.39, 0.29) is 24.3 Å². The maximum atomic E-state index is 16.4. The molecule has 8 heteroatoms. The van der Waals surface area contributed by atoms with Crippen LogP contribution in [0.1, 0.15) is 57.4 Å². The van der Waals surface area contributed by atoms with Crippen LogP contribution in [0.2, 0.25) is 0 Å². The summed E-state index contributed by atoms with van der Waals surface area (Å²) in [6, 6.07) is 9.92. The first kappa shape index (κ1) is 25.8. The lowest BCUT2D eigenvalue weighted by Crippen LogP contribution is -2.64. The molecule has 2 heterocycles. The van der Waals surface area contributed by atoms with Crippen molar-refractivity contribution < 1.29 is 28.6 Å². The average molecular weight is 513 g/mol. The summed E-state index contributed by atoms with van der Waals surface area (Å²) in [7, 11) is 0. The van der Waals surface area contributed by atoms with Gasteiger partial charge in [-0.15, -0.1) is 0 Å². The van der Waals surface area contributed by atoms with Crippen molar-refractivity contribution in [3.8, 4) is 0 Å². The number of rotatable bonds is 9. The van der Waals surface area contributed by atoms with Crippen LogP contribution in [-0.4, -0.2) is 65.8 Å². The van der Waals surface area contributed by atoms with Crippen molar-refractivity contribution in [2.75, 3.05) is 32.8 Å². The highest BCUT2D eigenvalue weighted by Gasteiger charge is 2.53. The summed E-state index contributed by atoms with van der Waals surface area (Å²) in [4.78, 5) is 19.2. The first-order valence-electron chi connectivity index (χ1n) is 13.5. The van der Waals surface area contributed by atoms with Crippen molar-refractivity contribution in [1.82, 2.24) is 4.90 Å². The molecule has 200 valence electrons. The highest BCUT2D eigenvalue weighted by Crippen LogP contribution is 2.44. The van der Waals surface area contributed by atoms with Gasteiger partial charge in [0.2, 0.25) is 0 Å². The maximum Gasteiger partial charge on any atom is 0.306 e. The van der Waals surface area contributed by atoms with Crippen molar-refractivity contribution in [3.05, 3.63) is 59.6 Å². The Morgan fingerprint density at radius 3 is 2.27 bits per heavy atom. The zero-order chi connectivity index (χ0) is 26.0. The lowest BCUT2D eigenvalue weighted by molar-refractivity contribution is -0.142. The Balaban J connectivity index is 1.23. The molecule has 1 N–H and O–H groups in total. The molecule has 0 radical (unpaired) electrons. The first-order chi connectivity index (χ1) is 17.8. The summed E-state index contributed by atoms with van der Waals surface area (Å²) in [5.74, 6) is 0.245. The lowest BCUT2D eigenvalue weighted by atomic mass is 9.76. The molecule has 37 heavy (non-hydrogen) atoms. The summed E-state index contributed by atoms with van der Waals surface area (Å²) in [5, 5.41) is 13.7. The third kappa shape index (κ3) is 5.40. The van der Waals surface area contributed by atoms with Gasteiger partial charge in [0, 0.05) is 32.0 Å². The fraction of sp³-hybridized carbons (Fsp3) is 0.586. The number of alkyl halides is 1. The van der Waals surface area contributed by atoms with E-state index in [1.54, 1.807) is 12.2 Å². The van der Waals surface area contributed by atoms with Crippen LogP contribution in [0.15, 0.2) is 59.2 Å². The molecule has 1 aromatic rings. The molecular formula is C29H37FN2O5. The zero-order valence-corrected chi connectivity index (χ0v) is 21.7. The van der Waals surface area contributed by atoms with Crippen molar-refractivity contribution in [2.45, 2.75) is 63.1 Å². The monoisotopic (exact) mass is 512 g/mol. The van der Waals surface area contributed by atoms with Gasteiger partial charge in [0.25, 0.3) is 0 Å². The van der Waals surface area contributed by atoms with Crippen molar-refractivity contribution in [3.63, 3.8) is 0 Å². The van der Waals surface area contributed by atoms with Gasteiger partial charge in [-0.25, -0.2) is 4.39 Å². The molecule has 1 saturated carbocycles. The van der Waals surface area contributed by atoms with Crippen LogP contribution in [0.25, 0.3) is 0 Å². The Kier molecular flexibility index (Phi) is 7.30. The van der Waals surface area contributed by atoms with E-state index in [0.717, 1.165) is 30.5 Å². The van der Waals surface area contributed by atoms with Gasteiger partial charge in [-0.1, -0.05) is 35.5 Å². The van der Waals surface area contributed by atoms with Gasteiger partial charge in [-0.05, 0) is 57.2 Å². The minimum absolute atomic E-state index is 0.186. The van der Waals surface area contributed by atoms with Gasteiger partial charge < -0.3 is 19.4 Å². The Morgan fingerprint density at radius 2 is 1.70 bits per heavy atom. The number of aliphatic carboxylic acids is 1. The second-order valence-corrected chi connectivity index (χ2v) is 10.8. The van der Waals surface area contributed by atoms with Crippen LogP contribution in [0.5, 0.6) is 0 Å². The molecule has 1 saturated heterocycles. The Morgan fingerprint density at radius 1 is 1.08 bits per heavy atom. The molecule has 2 aliphatic carbocycles. The molecule has 5 rings (SSSR count). The number of carbonyl (C=O) groups is 1. The van der Waals surface area contributed by atoms with Crippen LogP contribution in [-0.2, 0) is 19.1 Å². The number of ether oxygens (including phenoxy) is 2. The number of hydrogen-bond donors (Lipinski definition) is 1. The predicted molar refractivity (Wildman–Crippen MR) is 138 cm³/mol. The van der Waals surface area contributed by atoms with Gasteiger partial charge in [-0.2, -0.15) is 0 Å². The fourth-order valence-electron chi connectivity index (χ4n) is 6.31. The molecule has 1 spiro atoms. The first-order valence-corrected chi connectivity index (χ1v) is 13.5. The quantitative estimate of drug-likeness (QED) is 0.499. The summed E-state index contributed by atoms with van der Waals surface area (Å²) in [5.41, 5.74) is -0.0679. The topological polar surface area (TPSA) is 80.6 Å². The standard InChI is InChI=1S/C29H37FN2O5/c1-3-35-24-15-28(30,16-25(36-4-2)26(24)21-8-6-5-7-9-21)17-32-18-29(19-32)14-23(31-37-29)20-10-12-22(13-11-20)27(33)34/h5-9,15-16,20,22,26H,3-4,10-14,17-19H2,1-2H3,(H,33,34)/t20-,22-,26?,28?. The number of benzene rings is 1. The SMILES string of the molecule is CCOC1=CC(F)(CN2CC3(CC([C@H]4CC[C@H](C(=O)O)CC4)=NO3)C2)C=C(OCC)C1c1ccccc1. The molecule has 7 nitrogen and oxygen atoms in total. The molecule has 0 bridgehead atoms. The number of halogens is 1. The van der Waals surface area contributed by atoms with E-state index in [9.17, 15) is 9.90 Å². The Bertz CT molecular complexity index is 1050. The van der Waals surface area contributed by atoms with Crippen molar-refractivity contribution in [1.29, 1.82) is 0 Å². The molecule has 2 fully saturated rings. The van der Waals surface area contributed by atoms with E-state index < -0.39 is 17.2 Å². The van der Waals surface area contributed by atoms with E-state index in [0.29, 0.717) is 50.7 Å². The van der Waals surface area contributed by atoms with Crippen LogP contribution in [0, 0.1) is 11.8 Å². The van der Waals surface area contributed by atoms with Crippen LogP contribution in [0.4, 0.5) is 4.39 Å². The zero-order valence-electron chi connectivity index (χ0n) is 21.7. The molecule has 2 aliphatic heterocycles. The molecule has 0 unspecified atom stereocenters. The normalized spacial score (nSPS) is 31.0. The molecule has 0 aromatic heterocycles. The highest BCUT2D eigenvalue weighted by molar-refractivity contribution is 5.89. The summed E-state index contributed by atoms with van der Waals surface area (Å²) < 4.78 is 28.3. The molecule has 4 aliphatic rings. The third-order valence-electron chi connectivity index (χ3n) is 7.99. The minimum atomic E-state index is -1.72. The van der Waals surface area contributed by atoms with E-state index in [2.05, 4.69) is 10.1 Å². The summed E-state index contributed by atoms with van der Waals surface area (Å²) >= 11 is 0. The van der Waals surface area contributed by atoms with Gasteiger partial charge >= 0.3 is 5.97 Å². The van der Waals surface area contributed by atoms with Gasteiger partial charge in [0.1, 0.15) is 11.5 Å². The second-order valence-electron chi connectivity index (χ2n) is 10.8. The number of oxime groups is 1. The van der Waals surface area contributed by atoms with E-state index >= 15 is 4.39 Å². The van der Waals surface area contributed by atoms with Gasteiger partial charge in [-0.3, -0.25) is 9.69 Å². The van der Waals surface area contributed by atoms with Gasteiger partial charge in [0.05, 0.1) is 30.8 Å². The fourth-order valence-corrected chi connectivity index (χ4v) is 6.31. The minimum Gasteiger partial charge on any atom is -0.497 e. The largest absolute Gasteiger partial charge is 0.497 e. The molecule has 1 aromatic carbocycles.